The molecule has 1 aliphatic rings. The summed E-state index contributed by atoms with van der Waals surface area (Å²) in [7, 11) is 0. The van der Waals surface area contributed by atoms with Gasteiger partial charge in [-0.05, 0) is 25.9 Å². The van der Waals surface area contributed by atoms with Crippen LogP contribution in [0.25, 0.3) is 0 Å². The minimum atomic E-state index is -2.19. The molecule has 0 atom stereocenters. The number of rotatable bonds is 0. The summed E-state index contributed by atoms with van der Waals surface area (Å²) < 4.78 is 0. The van der Waals surface area contributed by atoms with Crippen LogP contribution in [0.2, 0.25) is 0 Å². The zero-order valence-corrected chi connectivity index (χ0v) is 8.13. The smallest absolute Gasteiger partial charge is 0.543 e. The normalized spacial score (nSPS) is 14.5. The maximum atomic E-state index is 8.93. The minimum Gasteiger partial charge on any atom is -0.543 e. The van der Waals surface area contributed by atoms with E-state index in [1.807, 2.05) is 0 Å². The van der Waals surface area contributed by atoms with Gasteiger partial charge in [0.1, 0.15) is 0 Å². The van der Waals surface area contributed by atoms with Gasteiger partial charge in [-0.25, -0.2) is 0 Å². The Hall–Kier alpha value is -0.581. The van der Waals surface area contributed by atoms with E-state index in [2.05, 4.69) is 5.32 Å². The average Bonchev–Trinajstić information content (AvgIpc) is 2.08. The molecule has 5 nitrogen and oxygen atoms in total. The van der Waals surface area contributed by atoms with E-state index in [-0.39, 0.29) is 17.1 Å². The third-order valence-corrected chi connectivity index (χ3v) is 1.37. The Bertz CT molecular complexity index is 135. The first-order chi connectivity index (χ1) is 5.64. The summed E-state index contributed by atoms with van der Waals surface area (Å²) in [4.78, 5) is 17.9. The maximum Gasteiger partial charge on any atom is 2.00 e. The molecule has 1 saturated heterocycles. The first-order valence-electron chi connectivity index (χ1n) is 3.77. The van der Waals surface area contributed by atoms with Crippen molar-refractivity contribution in [2.45, 2.75) is 19.3 Å². The van der Waals surface area contributed by atoms with Gasteiger partial charge in [-0.3, -0.25) is 0 Å². The van der Waals surface area contributed by atoms with E-state index in [1.54, 1.807) is 0 Å². The summed E-state index contributed by atoms with van der Waals surface area (Å²) in [6.07, 6.45) is 4.22. The maximum absolute atomic E-state index is 8.93. The monoisotopic (exact) mass is 229 g/mol. The molecule has 0 saturated carbocycles. The number of aliphatic carboxylic acids is 2. The van der Waals surface area contributed by atoms with Crippen molar-refractivity contribution in [1.29, 1.82) is 0 Å². The average molecular weight is 229 g/mol. The van der Waals surface area contributed by atoms with Crippen LogP contribution in [-0.2, 0) is 26.7 Å². The van der Waals surface area contributed by atoms with Crippen molar-refractivity contribution in [2.75, 3.05) is 13.1 Å². The fourth-order valence-corrected chi connectivity index (χ4v) is 0.802. The fraction of sp³-hybridized carbons (Fsp3) is 0.714. The molecular weight excluding hydrogens is 218 g/mol. The van der Waals surface area contributed by atoms with Crippen LogP contribution in [-0.4, -0.2) is 25.0 Å². The molecule has 6 heteroatoms. The summed E-state index contributed by atoms with van der Waals surface area (Å²) in [6, 6.07) is 0. The Morgan fingerprint density at radius 1 is 0.923 bits per heavy atom. The van der Waals surface area contributed by atoms with Gasteiger partial charge in [-0.2, -0.15) is 0 Å². The largest absolute Gasteiger partial charge is 2.00 e. The third kappa shape index (κ3) is 11.4. The van der Waals surface area contributed by atoms with E-state index in [0.29, 0.717) is 0 Å². The quantitative estimate of drug-likeness (QED) is 0.359. The van der Waals surface area contributed by atoms with Gasteiger partial charge in [-0.15, -0.1) is 0 Å². The predicted octanol–water partition coefficient (Wildman–Crippen LogP) is -2.76. The second-order valence-electron chi connectivity index (χ2n) is 2.39. The predicted molar refractivity (Wildman–Crippen MR) is 36.7 cm³/mol. The van der Waals surface area contributed by atoms with E-state index in [4.69, 9.17) is 19.8 Å². The van der Waals surface area contributed by atoms with Crippen LogP contribution < -0.4 is 15.5 Å². The molecule has 0 aliphatic carbocycles. The van der Waals surface area contributed by atoms with Gasteiger partial charge in [0.05, 0.1) is 11.9 Å². The van der Waals surface area contributed by atoms with Crippen LogP contribution in [0.1, 0.15) is 19.3 Å². The SMILES string of the molecule is C1CCNCC1.O=C([O-])C(=O)[O-].[Fe+2]. The van der Waals surface area contributed by atoms with E-state index in [9.17, 15) is 0 Å². The number of carbonyl (C=O) groups is 2. The van der Waals surface area contributed by atoms with Crippen LogP contribution >= 0.6 is 0 Å². The molecule has 76 valence electrons. The van der Waals surface area contributed by atoms with Crippen LogP contribution in [0.5, 0.6) is 0 Å². The summed E-state index contributed by atoms with van der Waals surface area (Å²) in [5, 5.41) is 21.1. The molecule has 1 heterocycles. The molecule has 1 fully saturated rings. The Balaban J connectivity index is 0. The van der Waals surface area contributed by atoms with Gasteiger partial charge >= 0.3 is 17.1 Å². The molecule has 0 bridgehead atoms. The number of carboxylic acid groups (broad SMARTS) is 2. The molecule has 0 aromatic heterocycles. The van der Waals surface area contributed by atoms with Gasteiger partial charge in [0, 0.05) is 0 Å². The Morgan fingerprint density at radius 2 is 1.31 bits per heavy atom. The summed E-state index contributed by atoms with van der Waals surface area (Å²) in [5.74, 6) is -4.37. The number of carboxylic acids is 2. The van der Waals surface area contributed by atoms with E-state index in [0.717, 1.165) is 0 Å². The second-order valence-corrected chi connectivity index (χ2v) is 2.39. The molecule has 1 aliphatic heterocycles. The number of nitrogens with one attached hydrogen (secondary N) is 1. The number of piperidine rings is 1. The first kappa shape index (κ1) is 14.9. The van der Waals surface area contributed by atoms with E-state index >= 15 is 0 Å². The standard InChI is InChI=1S/C5H11N.C2H2O4.Fe/c1-2-4-6-5-3-1;3-1(4)2(5)6;/h6H,1-5H2;(H,3,4)(H,5,6);/q;;+2/p-2. The molecule has 0 unspecified atom stereocenters. The minimum absolute atomic E-state index is 0. The van der Waals surface area contributed by atoms with Crippen LogP contribution in [0.3, 0.4) is 0 Å². The van der Waals surface area contributed by atoms with Crippen molar-refractivity contribution >= 4 is 11.9 Å². The first-order valence-corrected chi connectivity index (χ1v) is 3.77. The molecule has 0 aromatic rings. The molecule has 0 aromatic carbocycles. The van der Waals surface area contributed by atoms with Gasteiger partial charge in [-0.1, -0.05) is 6.42 Å². The number of hydrogen-bond donors (Lipinski definition) is 1. The fourth-order valence-electron chi connectivity index (χ4n) is 0.802. The van der Waals surface area contributed by atoms with Crippen molar-refractivity contribution in [3.8, 4) is 0 Å². The Labute approximate surface area is 87.0 Å². The zero-order chi connectivity index (χ0) is 9.40. The van der Waals surface area contributed by atoms with Crippen LogP contribution in [0.4, 0.5) is 0 Å². The van der Waals surface area contributed by atoms with Crippen molar-refractivity contribution in [1.82, 2.24) is 5.32 Å². The zero-order valence-electron chi connectivity index (χ0n) is 7.02. The molecule has 0 spiro atoms. The van der Waals surface area contributed by atoms with Crippen molar-refractivity contribution < 1.29 is 36.9 Å². The molecule has 0 radical (unpaired) electrons. The third-order valence-electron chi connectivity index (χ3n) is 1.37. The van der Waals surface area contributed by atoms with Crippen LogP contribution in [0, 0.1) is 0 Å². The van der Waals surface area contributed by atoms with Gasteiger partial charge in [0.25, 0.3) is 0 Å². The van der Waals surface area contributed by atoms with Crippen molar-refractivity contribution in [3.63, 3.8) is 0 Å². The summed E-state index contributed by atoms with van der Waals surface area (Å²) in [5.41, 5.74) is 0. The molecule has 1 rings (SSSR count). The topological polar surface area (TPSA) is 92.3 Å². The van der Waals surface area contributed by atoms with Gasteiger partial charge in [0.2, 0.25) is 0 Å². The molecule has 1 N–H and O–H groups in total. The molecule has 13 heavy (non-hydrogen) atoms. The summed E-state index contributed by atoms with van der Waals surface area (Å²) in [6.45, 7) is 2.50. The summed E-state index contributed by atoms with van der Waals surface area (Å²) >= 11 is 0. The molecule has 0 amide bonds. The number of hydrogen-bond acceptors (Lipinski definition) is 5. The van der Waals surface area contributed by atoms with E-state index < -0.39 is 11.9 Å². The Morgan fingerprint density at radius 3 is 1.38 bits per heavy atom. The van der Waals surface area contributed by atoms with Gasteiger partial charge < -0.3 is 25.1 Å². The van der Waals surface area contributed by atoms with Crippen molar-refractivity contribution in [3.05, 3.63) is 0 Å². The second kappa shape index (κ2) is 9.51. The number of carbonyl (C=O) groups excluding carboxylic acids is 2. The van der Waals surface area contributed by atoms with E-state index in [1.165, 1.54) is 32.4 Å². The van der Waals surface area contributed by atoms with Gasteiger partial charge in [0.15, 0.2) is 0 Å². The Kier molecular flexibility index (Phi) is 10.9. The van der Waals surface area contributed by atoms with Crippen molar-refractivity contribution in [2.24, 2.45) is 0 Å². The molecular formula is C7H11FeNO4. The van der Waals surface area contributed by atoms with Crippen LogP contribution in [0.15, 0.2) is 0 Å².